The fourth-order valence-corrected chi connectivity index (χ4v) is 2.15. The predicted molar refractivity (Wildman–Crippen MR) is 62.8 cm³/mol. The van der Waals surface area contributed by atoms with Crippen molar-refractivity contribution in [1.29, 1.82) is 0 Å². The molecule has 2 atom stereocenters. The van der Waals surface area contributed by atoms with Crippen LogP contribution in [0.15, 0.2) is 12.1 Å². The molecule has 0 amide bonds. The summed E-state index contributed by atoms with van der Waals surface area (Å²) in [7, 11) is -0.977. The number of nitrogens with one attached hydrogen (secondary N) is 1. The van der Waals surface area contributed by atoms with E-state index in [1.54, 1.807) is 13.2 Å². The molecule has 0 saturated heterocycles. The van der Waals surface area contributed by atoms with Gasteiger partial charge in [0.15, 0.2) is 5.82 Å². The fourth-order valence-electron chi connectivity index (χ4n) is 1.36. The van der Waals surface area contributed by atoms with E-state index in [0.717, 1.165) is 12.1 Å². The summed E-state index contributed by atoms with van der Waals surface area (Å²) in [5.74, 6) is -1.11. The third-order valence-electron chi connectivity index (χ3n) is 1.98. The second-order valence-electron chi connectivity index (χ2n) is 3.63. The first-order valence-electron chi connectivity index (χ1n) is 4.71. The molecule has 0 aliphatic heterocycles. The Morgan fingerprint density at radius 3 is 2.69 bits per heavy atom. The van der Waals surface area contributed by atoms with Gasteiger partial charge in [-0.3, -0.25) is 4.21 Å². The summed E-state index contributed by atoms with van der Waals surface area (Å²) in [5.41, 5.74) is 5.51. The Bertz CT molecular complexity index is 412. The first-order valence-corrected chi connectivity index (χ1v) is 6.44. The third kappa shape index (κ3) is 3.44. The molecule has 0 heterocycles. The monoisotopic (exact) mass is 248 g/mol. The van der Waals surface area contributed by atoms with Crippen molar-refractivity contribution in [3.05, 3.63) is 23.8 Å². The van der Waals surface area contributed by atoms with Crippen molar-refractivity contribution in [1.82, 2.24) is 0 Å². The van der Waals surface area contributed by atoms with E-state index in [1.807, 2.05) is 0 Å². The molecule has 1 aromatic carbocycles. The fraction of sp³-hybridized carbons (Fsp3) is 0.400. The molecule has 1 rings (SSSR count). The van der Waals surface area contributed by atoms with Gasteiger partial charge in [0.05, 0.1) is 11.4 Å². The van der Waals surface area contributed by atoms with Gasteiger partial charge in [-0.25, -0.2) is 8.78 Å². The number of halogens is 2. The van der Waals surface area contributed by atoms with Crippen molar-refractivity contribution in [2.45, 2.75) is 13.0 Å². The van der Waals surface area contributed by atoms with Crippen LogP contribution in [-0.2, 0) is 10.8 Å². The van der Waals surface area contributed by atoms with E-state index >= 15 is 0 Å². The minimum atomic E-state index is -0.977. The average Bonchev–Trinajstić information content (AvgIpc) is 2.11. The Balaban J connectivity index is 2.84. The van der Waals surface area contributed by atoms with Crippen molar-refractivity contribution in [3.8, 4) is 0 Å². The Labute approximate surface area is 95.5 Å². The Kier molecular flexibility index (Phi) is 4.23. The number of hydrogen-bond donors (Lipinski definition) is 2. The van der Waals surface area contributed by atoms with Crippen LogP contribution in [-0.4, -0.2) is 22.3 Å². The molecule has 0 fully saturated rings. The molecule has 0 spiro atoms. The van der Waals surface area contributed by atoms with Crippen LogP contribution < -0.4 is 11.1 Å². The largest absolute Gasteiger partial charge is 0.395 e. The summed E-state index contributed by atoms with van der Waals surface area (Å²) in [5, 5.41) is 2.83. The zero-order valence-electron chi connectivity index (χ0n) is 9.09. The average molecular weight is 248 g/mol. The van der Waals surface area contributed by atoms with E-state index in [9.17, 15) is 13.0 Å². The van der Waals surface area contributed by atoms with E-state index in [-0.39, 0.29) is 17.4 Å². The van der Waals surface area contributed by atoms with Crippen LogP contribution in [0.5, 0.6) is 0 Å². The van der Waals surface area contributed by atoms with Crippen LogP contribution in [0.1, 0.15) is 6.92 Å². The van der Waals surface area contributed by atoms with Crippen molar-refractivity contribution < 1.29 is 13.0 Å². The number of hydrogen-bond acceptors (Lipinski definition) is 3. The highest BCUT2D eigenvalue weighted by atomic mass is 32.2. The van der Waals surface area contributed by atoms with Gasteiger partial charge in [0.2, 0.25) is 0 Å². The second kappa shape index (κ2) is 5.25. The van der Waals surface area contributed by atoms with Gasteiger partial charge in [-0.2, -0.15) is 0 Å². The highest BCUT2D eigenvalue weighted by Crippen LogP contribution is 2.23. The second-order valence-corrected chi connectivity index (χ2v) is 5.11. The van der Waals surface area contributed by atoms with Gasteiger partial charge in [-0.1, -0.05) is 0 Å². The molecule has 0 aliphatic carbocycles. The minimum Gasteiger partial charge on any atom is -0.395 e. The molecule has 0 bridgehead atoms. The molecular formula is C10H14F2N2OS. The van der Waals surface area contributed by atoms with Gasteiger partial charge in [-0.05, 0) is 13.0 Å². The molecule has 3 nitrogen and oxygen atoms in total. The molecule has 0 aliphatic rings. The summed E-state index contributed by atoms with van der Waals surface area (Å²) in [4.78, 5) is 0. The summed E-state index contributed by atoms with van der Waals surface area (Å²) in [6.45, 7) is 1.77. The molecule has 0 radical (unpaired) electrons. The van der Waals surface area contributed by atoms with E-state index in [2.05, 4.69) is 5.32 Å². The summed E-state index contributed by atoms with van der Waals surface area (Å²) in [6.07, 6.45) is 1.56. The maximum Gasteiger partial charge on any atom is 0.151 e. The molecule has 3 N–H and O–H groups in total. The van der Waals surface area contributed by atoms with Crippen LogP contribution in [0, 0.1) is 11.6 Å². The Morgan fingerprint density at radius 2 is 2.12 bits per heavy atom. The van der Waals surface area contributed by atoms with Crippen LogP contribution in [0.3, 0.4) is 0 Å². The molecule has 6 heteroatoms. The first-order chi connectivity index (χ1) is 7.40. The van der Waals surface area contributed by atoms with Gasteiger partial charge in [0.1, 0.15) is 5.82 Å². The smallest absolute Gasteiger partial charge is 0.151 e. The molecule has 0 saturated carbocycles. The molecule has 1 aromatic rings. The summed E-state index contributed by atoms with van der Waals surface area (Å²) in [6, 6.07) is 1.67. The molecule has 90 valence electrons. The quantitative estimate of drug-likeness (QED) is 0.798. The summed E-state index contributed by atoms with van der Waals surface area (Å²) >= 11 is 0. The number of benzene rings is 1. The molecule has 2 unspecified atom stereocenters. The lowest BCUT2D eigenvalue weighted by Crippen LogP contribution is -2.23. The molecule has 0 aromatic heterocycles. The Hall–Kier alpha value is -1.17. The van der Waals surface area contributed by atoms with Crippen molar-refractivity contribution in [2.24, 2.45) is 0 Å². The zero-order chi connectivity index (χ0) is 12.3. The van der Waals surface area contributed by atoms with Gasteiger partial charge in [0.25, 0.3) is 0 Å². The lowest BCUT2D eigenvalue weighted by molar-refractivity contribution is 0.586. The summed E-state index contributed by atoms with van der Waals surface area (Å²) < 4.78 is 37.0. The molecule has 16 heavy (non-hydrogen) atoms. The zero-order valence-corrected chi connectivity index (χ0v) is 9.91. The number of rotatable bonds is 4. The van der Waals surface area contributed by atoms with Crippen LogP contribution in [0.4, 0.5) is 20.2 Å². The van der Waals surface area contributed by atoms with Crippen molar-refractivity contribution in [3.63, 3.8) is 0 Å². The van der Waals surface area contributed by atoms with Crippen molar-refractivity contribution in [2.75, 3.05) is 23.1 Å². The van der Waals surface area contributed by atoms with Crippen molar-refractivity contribution >= 4 is 22.2 Å². The van der Waals surface area contributed by atoms with Crippen LogP contribution in [0.25, 0.3) is 0 Å². The van der Waals surface area contributed by atoms with Crippen LogP contribution >= 0.6 is 0 Å². The van der Waals surface area contributed by atoms with E-state index in [4.69, 9.17) is 5.73 Å². The lowest BCUT2D eigenvalue weighted by Gasteiger charge is -2.16. The SMILES string of the molecule is CC(CS(C)=O)Nc1cc(F)cc(F)c1N. The van der Waals surface area contributed by atoms with Gasteiger partial charge < -0.3 is 11.1 Å². The van der Waals surface area contributed by atoms with E-state index < -0.39 is 22.4 Å². The first kappa shape index (κ1) is 12.9. The third-order valence-corrected chi connectivity index (χ3v) is 2.95. The topological polar surface area (TPSA) is 55.1 Å². The highest BCUT2D eigenvalue weighted by Gasteiger charge is 2.11. The van der Waals surface area contributed by atoms with Gasteiger partial charge in [0, 0.05) is 34.9 Å². The highest BCUT2D eigenvalue weighted by molar-refractivity contribution is 7.84. The predicted octanol–water partition coefficient (Wildman–Crippen LogP) is 1.73. The minimum absolute atomic E-state index is 0.130. The van der Waals surface area contributed by atoms with Gasteiger partial charge in [-0.15, -0.1) is 0 Å². The number of nitrogen functional groups attached to an aromatic ring is 1. The number of nitrogens with two attached hydrogens (primary N) is 1. The lowest BCUT2D eigenvalue weighted by atomic mass is 10.2. The maximum absolute atomic E-state index is 13.1. The Morgan fingerprint density at radius 1 is 1.50 bits per heavy atom. The van der Waals surface area contributed by atoms with Gasteiger partial charge >= 0.3 is 0 Å². The number of anilines is 2. The van der Waals surface area contributed by atoms with Crippen LogP contribution in [0.2, 0.25) is 0 Å². The van der Waals surface area contributed by atoms with E-state index in [0.29, 0.717) is 5.75 Å². The normalized spacial score (nSPS) is 14.5. The standard InChI is InChI=1S/C10H14F2N2OS/c1-6(5-16(2)15)14-9-4-7(11)3-8(12)10(9)13/h3-4,6,14H,5,13H2,1-2H3. The molecular weight excluding hydrogens is 234 g/mol. The van der Waals surface area contributed by atoms with E-state index in [1.165, 1.54) is 0 Å². The maximum atomic E-state index is 13.1.